The van der Waals surface area contributed by atoms with Gasteiger partial charge in [0.2, 0.25) is 5.91 Å². The van der Waals surface area contributed by atoms with E-state index in [1.54, 1.807) is 6.08 Å². The molecule has 448 valence electrons. The lowest BCUT2D eigenvalue weighted by atomic mass is 10.0. The number of allylic oxidation sites excluding steroid dienone is 13. The summed E-state index contributed by atoms with van der Waals surface area (Å²) in [5.41, 5.74) is 0. The van der Waals surface area contributed by atoms with Crippen LogP contribution in [-0.4, -0.2) is 68.5 Å². The van der Waals surface area contributed by atoms with Gasteiger partial charge in [0.1, 0.15) is 13.2 Å². The number of unbranched alkanes of at least 4 members (excludes halogenated alkanes) is 34. The van der Waals surface area contributed by atoms with Gasteiger partial charge in [0, 0.05) is 6.42 Å². The highest BCUT2D eigenvalue weighted by Crippen LogP contribution is 2.38. The molecule has 2 N–H and O–H groups in total. The number of aliphatic hydroxyl groups is 1. The van der Waals surface area contributed by atoms with Crippen LogP contribution in [0.1, 0.15) is 290 Å². The van der Waals surface area contributed by atoms with E-state index in [9.17, 15) is 19.4 Å². The van der Waals surface area contributed by atoms with Gasteiger partial charge in [-0.3, -0.25) is 9.36 Å². The first-order valence-corrected chi connectivity index (χ1v) is 33.9. The highest BCUT2D eigenvalue weighted by Gasteiger charge is 2.23. The number of phosphoric acid groups is 1. The Morgan fingerprint density at radius 3 is 1.21 bits per heavy atom. The molecule has 0 bridgehead atoms. The standard InChI is InChI=1S/C68H125N2O6P/c1-6-8-10-12-14-16-18-20-22-24-26-28-30-32-33-34-35-36-37-38-40-42-44-46-48-50-52-54-56-58-60-62-68(72)69-66(65-76-77(73,74)75-64-63-70(3,4)5)67(71)61-59-57-55-53-51-49-47-45-43-41-39-31-29-27-25-23-21-19-17-15-13-11-9-7-2/h8,10,14,16,20,22,26,28,32-33,51,53,59,61,66-67,71H,6-7,9,11-13,15,17-19,21,23-25,27,29-31,34-50,52,54-58,60,62-65H2,1-5H3,(H-,69,72,73,74)/b10-8-,16-14-,22-20-,28-26-,33-32-,53-51+,61-59+. The fourth-order valence-electron chi connectivity index (χ4n) is 9.32. The summed E-state index contributed by atoms with van der Waals surface area (Å²) in [5.74, 6) is -0.207. The third-order valence-electron chi connectivity index (χ3n) is 14.3. The van der Waals surface area contributed by atoms with Gasteiger partial charge in [-0.1, -0.05) is 292 Å². The Morgan fingerprint density at radius 2 is 0.805 bits per heavy atom. The van der Waals surface area contributed by atoms with Crippen molar-refractivity contribution < 1.29 is 32.9 Å². The van der Waals surface area contributed by atoms with Gasteiger partial charge in [-0.25, -0.2) is 0 Å². The van der Waals surface area contributed by atoms with Crippen molar-refractivity contribution in [1.82, 2.24) is 5.32 Å². The van der Waals surface area contributed by atoms with E-state index in [0.717, 1.165) is 70.6 Å². The van der Waals surface area contributed by atoms with Gasteiger partial charge in [0.05, 0.1) is 39.9 Å². The smallest absolute Gasteiger partial charge is 0.268 e. The molecule has 0 aromatic carbocycles. The monoisotopic (exact) mass is 1100 g/mol. The summed E-state index contributed by atoms with van der Waals surface area (Å²) >= 11 is 0. The summed E-state index contributed by atoms with van der Waals surface area (Å²) in [6.07, 6.45) is 82.6. The summed E-state index contributed by atoms with van der Waals surface area (Å²) in [5, 5.41) is 13.9. The quantitative estimate of drug-likeness (QED) is 0.0272. The molecule has 0 spiro atoms. The molecule has 0 saturated heterocycles. The normalized spacial score (nSPS) is 14.3. The first-order valence-electron chi connectivity index (χ1n) is 32.4. The van der Waals surface area contributed by atoms with Crippen LogP contribution in [0.5, 0.6) is 0 Å². The predicted molar refractivity (Wildman–Crippen MR) is 334 cm³/mol. The topological polar surface area (TPSA) is 108 Å². The zero-order valence-electron chi connectivity index (χ0n) is 51.1. The number of aliphatic hydroxyl groups excluding tert-OH is 1. The van der Waals surface area contributed by atoms with E-state index in [2.05, 4.69) is 92.1 Å². The molecule has 9 heteroatoms. The minimum Gasteiger partial charge on any atom is -0.756 e. The fourth-order valence-corrected chi connectivity index (χ4v) is 10.0. The van der Waals surface area contributed by atoms with Crippen molar-refractivity contribution >= 4 is 13.7 Å². The Labute approximate surface area is 477 Å². The number of carbonyl (C=O) groups is 1. The van der Waals surface area contributed by atoms with Gasteiger partial charge in [-0.2, -0.15) is 0 Å². The molecule has 0 aliphatic carbocycles. The molecule has 0 radical (unpaired) electrons. The molecule has 0 aromatic rings. The van der Waals surface area contributed by atoms with Crippen molar-refractivity contribution in [3.8, 4) is 0 Å². The Bertz CT molecular complexity index is 1530. The second kappa shape index (κ2) is 58.3. The van der Waals surface area contributed by atoms with E-state index in [4.69, 9.17) is 9.05 Å². The first kappa shape index (κ1) is 74.7. The minimum atomic E-state index is -4.61. The number of likely N-dealkylation sites (N-methyl/N-ethyl adjacent to an activating group) is 1. The van der Waals surface area contributed by atoms with E-state index in [-0.39, 0.29) is 12.5 Å². The predicted octanol–water partition coefficient (Wildman–Crippen LogP) is 19.7. The third-order valence-corrected chi connectivity index (χ3v) is 15.3. The minimum absolute atomic E-state index is 0.00845. The largest absolute Gasteiger partial charge is 0.756 e. The molecule has 1 amide bonds. The number of hydrogen-bond donors (Lipinski definition) is 2. The molecular formula is C68H125N2O6P. The van der Waals surface area contributed by atoms with E-state index in [1.165, 1.54) is 199 Å². The SMILES string of the molecule is CC/C=C\C/C=C\C/C=C\C/C=C\C/C=C\CCCCCCCCCCCCCCCCCC(=O)NC(COP(=O)([O-])OCC[N+](C)(C)C)C(O)/C=C/CC/C=C/CCCCCCCCCCCCCCCCCCCC. The molecule has 0 aliphatic rings. The molecule has 0 fully saturated rings. The maximum absolute atomic E-state index is 13.0. The van der Waals surface area contributed by atoms with Gasteiger partial charge >= 0.3 is 0 Å². The van der Waals surface area contributed by atoms with Crippen molar-refractivity contribution in [3.05, 3.63) is 85.1 Å². The number of nitrogens with one attached hydrogen (secondary N) is 1. The number of amides is 1. The Balaban J connectivity index is 4.15. The van der Waals surface area contributed by atoms with Crippen molar-refractivity contribution in [1.29, 1.82) is 0 Å². The van der Waals surface area contributed by atoms with Crippen molar-refractivity contribution in [2.24, 2.45) is 0 Å². The zero-order chi connectivity index (χ0) is 56.3. The molecule has 0 saturated carbocycles. The molecule has 77 heavy (non-hydrogen) atoms. The summed E-state index contributed by atoms with van der Waals surface area (Å²) in [6.45, 7) is 4.54. The fraction of sp³-hybridized carbons (Fsp3) is 0.779. The van der Waals surface area contributed by atoms with Crippen LogP contribution in [0.2, 0.25) is 0 Å². The number of phosphoric ester groups is 1. The van der Waals surface area contributed by atoms with Crippen molar-refractivity contribution in [2.75, 3.05) is 40.9 Å². The van der Waals surface area contributed by atoms with E-state index in [0.29, 0.717) is 17.4 Å². The van der Waals surface area contributed by atoms with Crippen LogP contribution in [-0.2, 0) is 18.4 Å². The molecule has 3 atom stereocenters. The third kappa shape index (κ3) is 61.2. The van der Waals surface area contributed by atoms with E-state index in [1.807, 2.05) is 27.2 Å². The average molecular weight is 1100 g/mol. The lowest BCUT2D eigenvalue weighted by Gasteiger charge is -2.29. The van der Waals surface area contributed by atoms with E-state index >= 15 is 0 Å². The maximum Gasteiger partial charge on any atom is 0.268 e. The number of carbonyl (C=O) groups excluding carboxylic acids is 1. The number of nitrogens with zero attached hydrogens (tertiary/aromatic N) is 1. The molecule has 0 rings (SSSR count). The Kier molecular flexibility index (Phi) is 56.6. The lowest BCUT2D eigenvalue weighted by Crippen LogP contribution is -2.45. The summed E-state index contributed by atoms with van der Waals surface area (Å²) < 4.78 is 23.4. The van der Waals surface area contributed by atoms with E-state index < -0.39 is 26.6 Å². The lowest BCUT2D eigenvalue weighted by molar-refractivity contribution is -0.870. The summed E-state index contributed by atoms with van der Waals surface area (Å²) in [6, 6.07) is -0.908. The highest BCUT2D eigenvalue weighted by molar-refractivity contribution is 7.45. The maximum atomic E-state index is 13.0. The number of rotatable bonds is 59. The average Bonchev–Trinajstić information content (AvgIpc) is 3.39. The summed E-state index contributed by atoms with van der Waals surface area (Å²) in [4.78, 5) is 25.6. The molecular weight excluding hydrogens is 972 g/mol. The first-order chi connectivity index (χ1) is 37.5. The molecule has 8 nitrogen and oxygen atoms in total. The van der Waals surface area contributed by atoms with Gasteiger partial charge in [-0.15, -0.1) is 0 Å². The van der Waals surface area contributed by atoms with Crippen LogP contribution in [0.4, 0.5) is 0 Å². The molecule has 0 heterocycles. The second-order valence-corrected chi connectivity index (χ2v) is 24.5. The summed E-state index contributed by atoms with van der Waals surface area (Å²) in [7, 11) is 1.24. The van der Waals surface area contributed by atoms with Gasteiger partial charge in [0.15, 0.2) is 0 Å². The van der Waals surface area contributed by atoms with Gasteiger partial charge in [0.25, 0.3) is 7.82 Å². The second-order valence-electron chi connectivity index (χ2n) is 23.1. The zero-order valence-corrected chi connectivity index (χ0v) is 52.0. The molecule has 0 aliphatic heterocycles. The van der Waals surface area contributed by atoms with Crippen molar-refractivity contribution in [2.45, 2.75) is 302 Å². The number of quaternary nitrogens is 1. The van der Waals surface area contributed by atoms with Crippen LogP contribution in [0.15, 0.2) is 85.1 Å². The van der Waals surface area contributed by atoms with Crippen molar-refractivity contribution in [3.63, 3.8) is 0 Å². The van der Waals surface area contributed by atoms with Gasteiger partial charge in [-0.05, 0) is 77.0 Å². The van der Waals surface area contributed by atoms with Crippen LogP contribution in [0.3, 0.4) is 0 Å². The highest BCUT2D eigenvalue weighted by atomic mass is 31.2. The Morgan fingerprint density at radius 1 is 0.468 bits per heavy atom. The van der Waals surface area contributed by atoms with Gasteiger partial charge < -0.3 is 28.8 Å². The number of hydrogen-bond acceptors (Lipinski definition) is 6. The van der Waals surface area contributed by atoms with Crippen LogP contribution in [0.25, 0.3) is 0 Å². The van der Waals surface area contributed by atoms with Crippen LogP contribution < -0.4 is 10.2 Å². The van der Waals surface area contributed by atoms with Crippen LogP contribution in [0, 0.1) is 0 Å². The van der Waals surface area contributed by atoms with Crippen LogP contribution >= 0.6 is 7.82 Å². The molecule has 3 unspecified atom stereocenters. The Hall–Kier alpha value is -2.32. The molecule has 0 aromatic heterocycles.